The third kappa shape index (κ3) is 17.7. The van der Waals surface area contributed by atoms with Crippen molar-refractivity contribution in [2.24, 2.45) is 0 Å². The minimum absolute atomic E-state index is 0.0445. The van der Waals surface area contributed by atoms with Crippen LogP contribution in [0.15, 0.2) is 0 Å². The van der Waals surface area contributed by atoms with Crippen molar-refractivity contribution < 1.29 is 22.9 Å². The molecule has 24 heavy (non-hydrogen) atoms. The second-order valence-corrected chi connectivity index (χ2v) is 8.08. The zero-order valence-electron chi connectivity index (χ0n) is 15.0. The first-order valence-electron chi connectivity index (χ1n) is 9.25. The highest BCUT2D eigenvalue weighted by Crippen LogP contribution is 2.12. The summed E-state index contributed by atoms with van der Waals surface area (Å²) >= 11 is 0. The SMILES string of the molecule is CCCCCCCCCCCC(CC(=O)O)NCCCS(=O)(=O)O. The third-order valence-electron chi connectivity index (χ3n) is 4.09. The van der Waals surface area contributed by atoms with Crippen LogP contribution in [0, 0.1) is 0 Å². The van der Waals surface area contributed by atoms with E-state index in [1.54, 1.807) is 0 Å². The summed E-state index contributed by atoms with van der Waals surface area (Å²) in [6, 6.07) is -0.131. The lowest BCUT2D eigenvalue weighted by atomic mass is 10.0. The molecule has 0 saturated carbocycles. The van der Waals surface area contributed by atoms with Gasteiger partial charge in [0.05, 0.1) is 12.2 Å². The zero-order valence-corrected chi connectivity index (χ0v) is 15.8. The summed E-state index contributed by atoms with van der Waals surface area (Å²) in [5, 5.41) is 12.0. The highest BCUT2D eigenvalue weighted by atomic mass is 32.2. The van der Waals surface area contributed by atoms with Crippen molar-refractivity contribution in [1.82, 2.24) is 5.32 Å². The summed E-state index contributed by atoms with van der Waals surface area (Å²) in [4.78, 5) is 10.9. The monoisotopic (exact) mass is 365 g/mol. The van der Waals surface area contributed by atoms with Gasteiger partial charge in [-0.3, -0.25) is 9.35 Å². The number of nitrogens with one attached hydrogen (secondary N) is 1. The van der Waals surface area contributed by atoms with Gasteiger partial charge >= 0.3 is 5.97 Å². The van der Waals surface area contributed by atoms with Gasteiger partial charge < -0.3 is 10.4 Å². The molecule has 144 valence electrons. The molecule has 0 saturated heterocycles. The fraction of sp³-hybridized carbons (Fsp3) is 0.941. The molecule has 0 aromatic heterocycles. The average Bonchev–Trinajstić information content (AvgIpc) is 2.48. The van der Waals surface area contributed by atoms with E-state index in [2.05, 4.69) is 12.2 Å². The van der Waals surface area contributed by atoms with Crippen molar-refractivity contribution in [3.8, 4) is 0 Å². The molecule has 0 heterocycles. The van der Waals surface area contributed by atoms with Gasteiger partial charge in [-0.15, -0.1) is 0 Å². The smallest absolute Gasteiger partial charge is 0.304 e. The average molecular weight is 366 g/mol. The molecule has 0 aliphatic carbocycles. The van der Waals surface area contributed by atoms with E-state index < -0.39 is 16.1 Å². The number of hydrogen-bond acceptors (Lipinski definition) is 4. The molecule has 0 aromatic carbocycles. The van der Waals surface area contributed by atoms with E-state index in [1.807, 2.05) is 0 Å². The van der Waals surface area contributed by atoms with E-state index in [1.165, 1.54) is 44.9 Å². The number of aliphatic carboxylic acids is 1. The maximum Gasteiger partial charge on any atom is 0.304 e. The number of carbonyl (C=O) groups is 1. The fourth-order valence-corrected chi connectivity index (χ4v) is 3.26. The third-order valence-corrected chi connectivity index (χ3v) is 4.89. The maximum absolute atomic E-state index is 10.9. The first-order valence-corrected chi connectivity index (χ1v) is 10.9. The topological polar surface area (TPSA) is 104 Å². The van der Waals surface area contributed by atoms with Crippen molar-refractivity contribution in [3.05, 3.63) is 0 Å². The van der Waals surface area contributed by atoms with Crippen LogP contribution in [0.25, 0.3) is 0 Å². The van der Waals surface area contributed by atoms with Crippen molar-refractivity contribution in [2.75, 3.05) is 12.3 Å². The van der Waals surface area contributed by atoms with Crippen molar-refractivity contribution >= 4 is 16.1 Å². The lowest BCUT2D eigenvalue weighted by Crippen LogP contribution is -2.33. The van der Waals surface area contributed by atoms with E-state index in [4.69, 9.17) is 9.66 Å². The molecule has 1 unspecified atom stereocenters. The minimum atomic E-state index is -3.94. The molecule has 0 aliphatic heterocycles. The van der Waals surface area contributed by atoms with Gasteiger partial charge in [0.25, 0.3) is 10.1 Å². The Bertz CT molecular complexity index is 411. The van der Waals surface area contributed by atoms with Gasteiger partial charge in [-0.1, -0.05) is 64.7 Å². The number of carboxylic acid groups (broad SMARTS) is 1. The van der Waals surface area contributed by atoms with Crippen molar-refractivity contribution in [2.45, 2.75) is 90.0 Å². The van der Waals surface area contributed by atoms with Gasteiger partial charge in [-0.2, -0.15) is 8.42 Å². The van der Waals surface area contributed by atoms with Crippen molar-refractivity contribution in [1.29, 1.82) is 0 Å². The minimum Gasteiger partial charge on any atom is -0.481 e. The van der Waals surface area contributed by atoms with E-state index >= 15 is 0 Å². The summed E-state index contributed by atoms with van der Waals surface area (Å²) in [6.45, 7) is 2.61. The van der Waals surface area contributed by atoms with Gasteiger partial charge in [0, 0.05) is 6.04 Å². The van der Waals surface area contributed by atoms with E-state index in [0.717, 1.165) is 19.3 Å². The molecule has 0 bridgehead atoms. The standard InChI is InChI=1S/C17H35NO5S/c1-2-3-4-5-6-7-8-9-10-12-16(15-17(19)20)18-13-11-14-24(21,22)23/h16,18H,2-15H2,1H3,(H,19,20)(H,21,22,23). The molecule has 7 heteroatoms. The highest BCUT2D eigenvalue weighted by Gasteiger charge is 2.13. The van der Waals surface area contributed by atoms with Gasteiger partial charge in [0.1, 0.15) is 0 Å². The number of unbranched alkanes of at least 4 members (excludes halogenated alkanes) is 8. The van der Waals surface area contributed by atoms with Gasteiger partial charge in [-0.05, 0) is 19.4 Å². The summed E-state index contributed by atoms with van der Waals surface area (Å²) in [7, 11) is -3.94. The van der Waals surface area contributed by atoms with Crippen LogP contribution in [0.4, 0.5) is 0 Å². The quantitative estimate of drug-likeness (QED) is 0.269. The first-order chi connectivity index (χ1) is 11.3. The largest absolute Gasteiger partial charge is 0.481 e. The Kier molecular flexibility index (Phi) is 14.3. The summed E-state index contributed by atoms with van der Waals surface area (Å²) < 4.78 is 30.0. The second kappa shape index (κ2) is 14.7. The van der Waals surface area contributed by atoms with Crippen LogP contribution in [0.5, 0.6) is 0 Å². The van der Waals surface area contributed by atoms with Crippen molar-refractivity contribution in [3.63, 3.8) is 0 Å². The van der Waals surface area contributed by atoms with Crippen LogP contribution in [-0.4, -0.2) is 42.4 Å². The Morgan fingerprint density at radius 3 is 2.00 bits per heavy atom. The van der Waals surface area contributed by atoms with Gasteiger partial charge in [-0.25, -0.2) is 0 Å². The van der Waals surface area contributed by atoms with Crippen LogP contribution >= 0.6 is 0 Å². The second-order valence-electron chi connectivity index (χ2n) is 6.51. The first kappa shape index (κ1) is 23.3. The van der Waals surface area contributed by atoms with E-state index in [-0.39, 0.29) is 24.6 Å². The number of carboxylic acids is 1. The van der Waals surface area contributed by atoms with E-state index in [0.29, 0.717) is 6.54 Å². The van der Waals surface area contributed by atoms with Gasteiger partial charge in [0.15, 0.2) is 0 Å². The zero-order chi connectivity index (χ0) is 18.3. The summed E-state index contributed by atoms with van der Waals surface area (Å²) in [6.07, 6.45) is 12.1. The lowest BCUT2D eigenvalue weighted by Gasteiger charge is -2.16. The van der Waals surface area contributed by atoms with Gasteiger partial charge in [0.2, 0.25) is 0 Å². The van der Waals surface area contributed by atoms with Crippen LogP contribution in [0.1, 0.15) is 84.0 Å². The van der Waals surface area contributed by atoms with E-state index in [9.17, 15) is 13.2 Å². The Morgan fingerprint density at radius 1 is 0.958 bits per heavy atom. The Hall–Kier alpha value is -0.660. The molecular weight excluding hydrogens is 330 g/mol. The molecule has 0 fully saturated rings. The molecule has 0 aromatic rings. The molecule has 1 atom stereocenters. The fourth-order valence-electron chi connectivity index (χ4n) is 2.75. The van der Waals surface area contributed by atoms with Crippen LogP contribution in [0.3, 0.4) is 0 Å². The summed E-state index contributed by atoms with van der Waals surface area (Å²) in [5.74, 6) is -1.14. The van der Waals surface area contributed by atoms with Crippen LogP contribution in [0.2, 0.25) is 0 Å². The predicted octanol–water partition coefficient (Wildman–Crippen LogP) is 3.62. The molecule has 0 aliphatic rings. The van der Waals surface area contributed by atoms with Crippen LogP contribution in [-0.2, 0) is 14.9 Å². The van der Waals surface area contributed by atoms with Crippen LogP contribution < -0.4 is 5.32 Å². The number of rotatable bonds is 17. The highest BCUT2D eigenvalue weighted by molar-refractivity contribution is 7.85. The predicted molar refractivity (Wildman–Crippen MR) is 96.9 cm³/mol. The molecular formula is C17H35NO5S. The molecule has 0 spiro atoms. The molecule has 6 nitrogen and oxygen atoms in total. The molecule has 3 N–H and O–H groups in total. The summed E-state index contributed by atoms with van der Waals surface area (Å²) in [5.41, 5.74) is 0. The maximum atomic E-state index is 10.9. The molecule has 0 amide bonds. The Morgan fingerprint density at radius 2 is 1.50 bits per heavy atom. The molecule has 0 radical (unpaired) electrons. The lowest BCUT2D eigenvalue weighted by molar-refractivity contribution is -0.137. The Balaban J connectivity index is 3.73. The normalized spacial score (nSPS) is 13.1. The number of hydrogen-bond donors (Lipinski definition) is 3. The Labute approximate surface area is 147 Å². The molecule has 0 rings (SSSR count).